The third kappa shape index (κ3) is 2.10. The summed E-state index contributed by atoms with van der Waals surface area (Å²) in [5.41, 5.74) is 3.17. The first-order chi connectivity index (χ1) is 8.93. The Morgan fingerprint density at radius 3 is 2.25 bits per heavy atom. The molecule has 0 amide bonds. The summed E-state index contributed by atoms with van der Waals surface area (Å²) >= 11 is 0. The maximum atomic E-state index is 2.35. The summed E-state index contributed by atoms with van der Waals surface area (Å²) in [6.07, 6.45) is 5.22. The van der Waals surface area contributed by atoms with Gasteiger partial charge in [-0.15, -0.1) is 0 Å². The van der Waals surface area contributed by atoms with Crippen molar-refractivity contribution in [1.29, 1.82) is 0 Å². The molecule has 0 atom stereocenters. The first-order valence-corrected chi connectivity index (χ1v) is 6.86. The van der Waals surface area contributed by atoms with Gasteiger partial charge < -0.3 is 0 Å². The van der Waals surface area contributed by atoms with E-state index < -0.39 is 0 Å². The highest BCUT2D eigenvalue weighted by Crippen LogP contribution is 2.32. The number of aryl methyl sites for hydroxylation is 2. The van der Waals surface area contributed by atoms with E-state index >= 15 is 0 Å². The molecule has 1 aliphatic rings. The lowest BCUT2D eigenvalue weighted by Crippen LogP contribution is -2.02. The average molecular weight is 264 g/mol. The predicted molar refractivity (Wildman–Crippen MR) is 91.6 cm³/mol. The van der Waals surface area contributed by atoms with Gasteiger partial charge in [-0.25, -0.2) is 0 Å². The highest BCUT2D eigenvalue weighted by molar-refractivity contribution is 6.08. The number of rotatable bonds is 0. The normalized spacial score (nSPS) is 13.4. The van der Waals surface area contributed by atoms with Crippen molar-refractivity contribution in [2.24, 2.45) is 0 Å². The summed E-state index contributed by atoms with van der Waals surface area (Å²) < 4.78 is 0. The molecule has 4 rings (SSSR count). The van der Waals surface area contributed by atoms with E-state index in [0.29, 0.717) is 0 Å². The predicted octanol–water partition coefficient (Wildman–Crippen LogP) is 6.14. The Kier molecular flexibility index (Phi) is 4.13. The first kappa shape index (κ1) is 14.6. The maximum Gasteiger partial charge on any atom is -0.0102 e. The molecule has 0 nitrogen and oxygen atoms in total. The van der Waals surface area contributed by atoms with Gasteiger partial charge in [0.05, 0.1) is 0 Å². The average Bonchev–Trinajstić information content (AvgIpc) is 2.46. The van der Waals surface area contributed by atoms with Gasteiger partial charge >= 0.3 is 0 Å². The van der Waals surface area contributed by atoms with Crippen molar-refractivity contribution in [1.82, 2.24) is 0 Å². The molecule has 0 fully saturated rings. The molecule has 0 aliphatic heterocycles. The van der Waals surface area contributed by atoms with Crippen LogP contribution in [0.25, 0.3) is 21.5 Å². The van der Waals surface area contributed by atoms with Gasteiger partial charge in [0, 0.05) is 0 Å². The number of hydrogen-bond acceptors (Lipinski definition) is 0. The van der Waals surface area contributed by atoms with Crippen LogP contribution in [-0.4, -0.2) is 0 Å². The van der Waals surface area contributed by atoms with E-state index in [1.165, 1.54) is 47.2 Å². The Morgan fingerprint density at radius 2 is 1.35 bits per heavy atom. The Morgan fingerprint density at radius 1 is 0.600 bits per heavy atom. The number of fused-ring (bicyclic) bond motifs is 5. The van der Waals surface area contributed by atoms with Crippen molar-refractivity contribution in [3.8, 4) is 0 Å². The molecule has 3 aromatic carbocycles. The summed E-state index contributed by atoms with van der Waals surface area (Å²) in [5.74, 6) is 0. The third-order valence-electron chi connectivity index (χ3n) is 4.26. The molecule has 104 valence electrons. The lowest BCUT2D eigenvalue weighted by molar-refractivity contribution is 0.690. The molecule has 0 heteroatoms. The van der Waals surface area contributed by atoms with E-state index in [9.17, 15) is 0 Å². The smallest absolute Gasteiger partial charge is 0.0102 e. The van der Waals surface area contributed by atoms with Crippen molar-refractivity contribution in [2.45, 2.75) is 40.5 Å². The SMILES string of the molecule is C.C.c1ccc2c(c1)ccc1c3c(ccc12)CCCC3. The lowest BCUT2D eigenvalue weighted by Gasteiger charge is -2.18. The Hall–Kier alpha value is -1.82. The molecular formula is C20H24. The Bertz CT molecular complexity index is 737. The van der Waals surface area contributed by atoms with Crippen LogP contribution in [0.5, 0.6) is 0 Å². The van der Waals surface area contributed by atoms with E-state index in [1.807, 2.05) is 0 Å². The summed E-state index contributed by atoms with van der Waals surface area (Å²) in [6, 6.07) is 18.0. The van der Waals surface area contributed by atoms with Gasteiger partial charge in [0.1, 0.15) is 0 Å². The molecule has 0 heterocycles. The van der Waals surface area contributed by atoms with Crippen LogP contribution in [0, 0.1) is 0 Å². The molecule has 0 bridgehead atoms. The van der Waals surface area contributed by atoms with Crippen molar-refractivity contribution in [2.75, 3.05) is 0 Å². The van der Waals surface area contributed by atoms with Crippen LogP contribution in [0.1, 0.15) is 38.8 Å². The molecule has 0 radical (unpaired) electrons. The van der Waals surface area contributed by atoms with Crippen LogP contribution < -0.4 is 0 Å². The van der Waals surface area contributed by atoms with Crippen LogP contribution in [-0.2, 0) is 12.8 Å². The van der Waals surface area contributed by atoms with Gasteiger partial charge in [0.25, 0.3) is 0 Å². The fourth-order valence-corrected chi connectivity index (χ4v) is 3.34. The summed E-state index contributed by atoms with van der Waals surface area (Å²) in [7, 11) is 0. The molecule has 0 saturated carbocycles. The fourth-order valence-electron chi connectivity index (χ4n) is 3.34. The minimum Gasteiger partial charge on any atom is -0.0776 e. The van der Waals surface area contributed by atoms with Crippen LogP contribution in [0.3, 0.4) is 0 Å². The monoisotopic (exact) mass is 264 g/mol. The molecule has 3 aromatic rings. The van der Waals surface area contributed by atoms with Crippen LogP contribution in [0.4, 0.5) is 0 Å². The molecule has 0 saturated heterocycles. The van der Waals surface area contributed by atoms with Crippen molar-refractivity contribution in [3.05, 3.63) is 59.7 Å². The van der Waals surface area contributed by atoms with Crippen LogP contribution >= 0.6 is 0 Å². The standard InChI is InChI=1S/C18H16.2CH4/c1-3-7-15-13(5-1)9-11-18-16-8-4-2-6-14(16)10-12-17(15)18;;/h1,3,5,7,9-12H,2,4,6,8H2;2*1H4. The van der Waals surface area contributed by atoms with Crippen LogP contribution in [0.2, 0.25) is 0 Å². The largest absolute Gasteiger partial charge is 0.0776 e. The second-order valence-corrected chi connectivity index (χ2v) is 5.29. The molecule has 0 aromatic heterocycles. The highest BCUT2D eigenvalue weighted by Gasteiger charge is 2.12. The molecule has 0 N–H and O–H groups in total. The summed E-state index contributed by atoms with van der Waals surface area (Å²) in [6.45, 7) is 0. The van der Waals surface area contributed by atoms with E-state index in [4.69, 9.17) is 0 Å². The number of benzene rings is 3. The molecular weight excluding hydrogens is 240 g/mol. The maximum absolute atomic E-state index is 2.35. The van der Waals surface area contributed by atoms with E-state index in [-0.39, 0.29) is 14.9 Å². The molecule has 20 heavy (non-hydrogen) atoms. The topological polar surface area (TPSA) is 0 Å². The van der Waals surface area contributed by atoms with Gasteiger partial charge in [-0.05, 0) is 58.4 Å². The zero-order valence-electron chi connectivity index (χ0n) is 10.4. The van der Waals surface area contributed by atoms with Crippen molar-refractivity contribution in [3.63, 3.8) is 0 Å². The Balaban J connectivity index is 0.000000735. The summed E-state index contributed by atoms with van der Waals surface area (Å²) in [5, 5.41) is 5.64. The quantitative estimate of drug-likeness (QED) is 0.427. The van der Waals surface area contributed by atoms with Gasteiger partial charge in [-0.1, -0.05) is 63.4 Å². The second-order valence-electron chi connectivity index (χ2n) is 5.29. The van der Waals surface area contributed by atoms with Crippen LogP contribution in [0.15, 0.2) is 48.5 Å². The zero-order chi connectivity index (χ0) is 11.9. The molecule has 0 spiro atoms. The highest BCUT2D eigenvalue weighted by atomic mass is 14.2. The molecule has 1 aliphatic carbocycles. The second kappa shape index (κ2) is 5.66. The minimum absolute atomic E-state index is 0. The lowest BCUT2D eigenvalue weighted by atomic mass is 9.86. The van der Waals surface area contributed by atoms with Gasteiger partial charge in [-0.2, -0.15) is 0 Å². The van der Waals surface area contributed by atoms with E-state index in [1.54, 1.807) is 11.1 Å². The van der Waals surface area contributed by atoms with E-state index in [0.717, 1.165) is 0 Å². The van der Waals surface area contributed by atoms with Gasteiger partial charge in [0.2, 0.25) is 0 Å². The number of hydrogen-bond donors (Lipinski definition) is 0. The fraction of sp³-hybridized carbons (Fsp3) is 0.300. The third-order valence-corrected chi connectivity index (χ3v) is 4.26. The van der Waals surface area contributed by atoms with Crippen molar-refractivity contribution >= 4 is 21.5 Å². The minimum atomic E-state index is 0. The first-order valence-electron chi connectivity index (χ1n) is 6.86. The Labute approximate surface area is 122 Å². The van der Waals surface area contributed by atoms with Gasteiger partial charge in [-0.3, -0.25) is 0 Å². The summed E-state index contributed by atoms with van der Waals surface area (Å²) in [4.78, 5) is 0. The zero-order valence-corrected chi connectivity index (χ0v) is 10.4. The van der Waals surface area contributed by atoms with Gasteiger partial charge in [0.15, 0.2) is 0 Å². The van der Waals surface area contributed by atoms with Crippen molar-refractivity contribution < 1.29 is 0 Å². The molecule has 0 unspecified atom stereocenters. The van der Waals surface area contributed by atoms with E-state index in [2.05, 4.69) is 48.5 Å².